The number of amides is 1. The van der Waals surface area contributed by atoms with E-state index in [1.54, 1.807) is 24.5 Å². The lowest BCUT2D eigenvalue weighted by atomic mass is 10.1. The Morgan fingerprint density at radius 3 is 2.59 bits per heavy atom. The van der Waals surface area contributed by atoms with Crippen LogP contribution in [0.25, 0.3) is 0 Å². The molecule has 0 aliphatic carbocycles. The Balaban J connectivity index is 1.80. The van der Waals surface area contributed by atoms with Crippen molar-refractivity contribution in [3.8, 4) is 6.07 Å². The zero-order valence-electron chi connectivity index (χ0n) is 14.8. The van der Waals surface area contributed by atoms with E-state index in [4.69, 9.17) is 5.26 Å². The largest absolute Gasteiger partial charge is 0.417 e. The Labute approximate surface area is 168 Å². The van der Waals surface area contributed by atoms with Crippen molar-refractivity contribution in [2.24, 2.45) is 0 Å². The van der Waals surface area contributed by atoms with E-state index >= 15 is 0 Å². The molecule has 0 aliphatic heterocycles. The highest BCUT2D eigenvalue weighted by Gasteiger charge is 2.34. The van der Waals surface area contributed by atoms with Gasteiger partial charge < -0.3 is 5.32 Å². The average Bonchev–Trinajstić information content (AvgIpc) is 2.72. The quantitative estimate of drug-likeness (QED) is 0.600. The van der Waals surface area contributed by atoms with Gasteiger partial charge in [0.1, 0.15) is 5.03 Å². The van der Waals surface area contributed by atoms with Gasteiger partial charge >= 0.3 is 6.18 Å². The van der Waals surface area contributed by atoms with Gasteiger partial charge in [-0.25, -0.2) is 4.98 Å². The smallest absolute Gasteiger partial charge is 0.322 e. The minimum atomic E-state index is -4.70. The molecule has 0 spiro atoms. The maximum atomic E-state index is 13.1. The molecule has 2 aromatic heterocycles. The van der Waals surface area contributed by atoms with E-state index in [-0.39, 0.29) is 11.3 Å². The predicted molar refractivity (Wildman–Crippen MR) is 102 cm³/mol. The summed E-state index contributed by atoms with van der Waals surface area (Å²) >= 11 is 1.33. The zero-order chi connectivity index (χ0) is 20.9. The number of hydrogen-bond donors (Lipinski definition) is 1. The van der Waals surface area contributed by atoms with Gasteiger partial charge in [0.25, 0.3) is 5.91 Å². The fourth-order valence-corrected chi connectivity index (χ4v) is 3.41. The van der Waals surface area contributed by atoms with Crippen molar-refractivity contribution in [2.75, 3.05) is 5.32 Å². The number of carbonyl (C=O) groups is 1. The van der Waals surface area contributed by atoms with Crippen LogP contribution < -0.4 is 5.32 Å². The van der Waals surface area contributed by atoms with Crippen LogP contribution >= 0.6 is 11.8 Å². The monoisotopic (exact) mass is 414 g/mol. The van der Waals surface area contributed by atoms with Gasteiger partial charge in [0.05, 0.1) is 22.8 Å². The van der Waals surface area contributed by atoms with Crippen LogP contribution in [0.5, 0.6) is 0 Å². The molecule has 0 unspecified atom stereocenters. The van der Waals surface area contributed by atoms with Gasteiger partial charge in [0.2, 0.25) is 0 Å². The molecule has 0 fully saturated rings. The van der Waals surface area contributed by atoms with Gasteiger partial charge in [0.15, 0.2) is 0 Å². The first-order chi connectivity index (χ1) is 13.9. The molecule has 5 nitrogen and oxygen atoms in total. The Kier molecular flexibility index (Phi) is 6.14. The van der Waals surface area contributed by atoms with Crippen LogP contribution in [0.3, 0.4) is 0 Å². The Bertz CT molecular complexity index is 1070. The van der Waals surface area contributed by atoms with Crippen molar-refractivity contribution in [1.29, 1.82) is 5.26 Å². The number of nitriles is 1. The number of alkyl halides is 3. The molecule has 29 heavy (non-hydrogen) atoms. The number of anilines is 1. The van der Waals surface area contributed by atoms with Crippen LogP contribution in [0.4, 0.5) is 18.9 Å². The number of nitrogens with zero attached hydrogens (tertiary/aromatic N) is 3. The minimum Gasteiger partial charge on any atom is -0.322 e. The molecule has 0 radical (unpaired) electrons. The van der Waals surface area contributed by atoms with E-state index < -0.39 is 23.2 Å². The zero-order valence-corrected chi connectivity index (χ0v) is 15.6. The molecule has 1 aromatic carbocycles. The molecule has 1 N–H and O–H groups in total. The first kappa shape index (κ1) is 20.4. The second-order valence-electron chi connectivity index (χ2n) is 5.82. The van der Waals surface area contributed by atoms with Gasteiger partial charge in [-0.05, 0) is 48.0 Å². The van der Waals surface area contributed by atoms with E-state index in [0.717, 1.165) is 17.7 Å². The van der Waals surface area contributed by atoms with Crippen molar-refractivity contribution < 1.29 is 18.0 Å². The van der Waals surface area contributed by atoms with Crippen molar-refractivity contribution in [3.05, 3.63) is 83.3 Å². The second kappa shape index (κ2) is 8.75. The van der Waals surface area contributed by atoms with Gasteiger partial charge in [0, 0.05) is 30.0 Å². The molecule has 2 heterocycles. The number of carbonyl (C=O) groups excluding carboxylic acids is 1. The van der Waals surface area contributed by atoms with Crippen molar-refractivity contribution in [2.45, 2.75) is 17.0 Å². The number of benzene rings is 1. The Hall–Kier alpha value is -3.38. The molecule has 146 valence electrons. The third-order valence-corrected chi connectivity index (χ3v) is 4.92. The molecule has 3 rings (SSSR count). The van der Waals surface area contributed by atoms with Crippen LogP contribution in [-0.2, 0) is 11.9 Å². The number of rotatable bonds is 5. The average molecular weight is 414 g/mol. The molecule has 3 aromatic rings. The summed E-state index contributed by atoms with van der Waals surface area (Å²) in [5.74, 6) is -0.0392. The van der Waals surface area contributed by atoms with Crippen molar-refractivity contribution in [1.82, 2.24) is 9.97 Å². The third kappa shape index (κ3) is 5.12. The lowest BCUT2D eigenvalue weighted by Gasteiger charge is -2.12. The summed E-state index contributed by atoms with van der Waals surface area (Å²) in [6.07, 6.45) is 0.150. The lowest BCUT2D eigenvalue weighted by Crippen LogP contribution is -2.15. The van der Waals surface area contributed by atoms with Gasteiger partial charge in [-0.3, -0.25) is 9.78 Å². The van der Waals surface area contributed by atoms with E-state index in [1.165, 1.54) is 30.1 Å². The maximum Gasteiger partial charge on any atom is 0.417 e. The molecule has 0 saturated heterocycles. The van der Waals surface area contributed by atoms with E-state index in [2.05, 4.69) is 15.3 Å². The number of aromatic nitrogens is 2. The van der Waals surface area contributed by atoms with Gasteiger partial charge in [-0.1, -0.05) is 0 Å². The summed E-state index contributed by atoms with van der Waals surface area (Å²) in [6, 6.07) is 11.3. The SMILES string of the molecule is N#Cc1ccc(NC(=O)c2cccnc2SCc2ccncc2)cc1C(F)(F)F. The standard InChI is InChI=1S/C20H13F3N4OS/c21-20(22,23)17-10-15(4-3-14(17)11-24)27-18(28)16-2-1-7-26-19(16)29-12-13-5-8-25-9-6-13/h1-10H,12H2,(H,27,28). The van der Waals surface area contributed by atoms with Crippen LogP contribution in [0, 0.1) is 11.3 Å². The number of thioether (sulfide) groups is 1. The van der Waals surface area contributed by atoms with Gasteiger partial charge in [-0.2, -0.15) is 18.4 Å². The van der Waals surface area contributed by atoms with Gasteiger partial charge in [-0.15, -0.1) is 11.8 Å². The summed E-state index contributed by atoms with van der Waals surface area (Å²) < 4.78 is 39.4. The molecular weight excluding hydrogens is 401 g/mol. The summed E-state index contributed by atoms with van der Waals surface area (Å²) in [7, 11) is 0. The predicted octanol–water partition coefficient (Wildman–Crippen LogP) is 4.91. The Morgan fingerprint density at radius 2 is 1.90 bits per heavy atom. The van der Waals surface area contributed by atoms with E-state index in [1.807, 2.05) is 12.1 Å². The topological polar surface area (TPSA) is 78.7 Å². The first-order valence-electron chi connectivity index (χ1n) is 8.28. The fourth-order valence-electron chi connectivity index (χ4n) is 2.46. The number of pyridine rings is 2. The van der Waals surface area contributed by atoms with Crippen LogP contribution in [0.2, 0.25) is 0 Å². The first-order valence-corrected chi connectivity index (χ1v) is 9.26. The maximum absolute atomic E-state index is 13.1. The minimum absolute atomic E-state index is 0.0599. The molecule has 0 bridgehead atoms. The van der Waals surface area contributed by atoms with Crippen molar-refractivity contribution in [3.63, 3.8) is 0 Å². The molecule has 0 aliphatic rings. The summed E-state index contributed by atoms with van der Waals surface area (Å²) in [5.41, 5.74) is -0.439. The highest BCUT2D eigenvalue weighted by atomic mass is 32.2. The van der Waals surface area contributed by atoms with Crippen molar-refractivity contribution >= 4 is 23.4 Å². The normalized spacial score (nSPS) is 11.0. The second-order valence-corrected chi connectivity index (χ2v) is 6.79. The highest BCUT2D eigenvalue weighted by Crippen LogP contribution is 2.34. The fraction of sp³-hybridized carbons (Fsp3) is 0.100. The summed E-state index contributed by atoms with van der Waals surface area (Å²) in [6.45, 7) is 0. The van der Waals surface area contributed by atoms with Crippen LogP contribution in [0.15, 0.2) is 66.1 Å². The number of nitrogens with one attached hydrogen (secondary N) is 1. The highest BCUT2D eigenvalue weighted by molar-refractivity contribution is 7.98. The summed E-state index contributed by atoms with van der Waals surface area (Å²) in [4.78, 5) is 20.8. The molecular formula is C20H13F3N4OS. The van der Waals surface area contributed by atoms with Crippen LogP contribution in [0.1, 0.15) is 27.0 Å². The van der Waals surface area contributed by atoms with E-state index in [0.29, 0.717) is 10.8 Å². The molecule has 0 saturated carbocycles. The molecule has 9 heteroatoms. The molecule has 1 amide bonds. The van der Waals surface area contributed by atoms with Crippen LogP contribution in [-0.4, -0.2) is 15.9 Å². The Morgan fingerprint density at radius 1 is 1.14 bits per heavy atom. The molecule has 0 atom stereocenters. The number of halogens is 3. The third-order valence-electron chi connectivity index (χ3n) is 3.84. The van der Waals surface area contributed by atoms with E-state index in [9.17, 15) is 18.0 Å². The number of hydrogen-bond acceptors (Lipinski definition) is 5. The summed E-state index contributed by atoms with van der Waals surface area (Å²) in [5, 5.41) is 11.8. The lowest BCUT2D eigenvalue weighted by molar-refractivity contribution is -0.137.